The van der Waals surface area contributed by atoms with E-state index in [0.29, 0.717) is 11.4 Å². The molecular weight excluding hydrogens is 863 g/mol. The maximum Gasteiger partial charge on any atom is 0.149 e. The molecule has 0 saturated heterocycles. The maximum atomic E-state index is 12.6. The zero-order valence-electron chi connectivity index (χ0n) is 44.5. The van der Waals surface area contributed by atoms with Crippen LogP contribution >= 0.6 is 0 Å². The Morgan fingerprint density at radius 3 is 1.61 bits per heavy atom. The van der Waals surface area contributed by atoms with Crippen LogP contribution in [0.25, 0.3) is 83.9 Å². The fourth-order valence-corrected chi connectivity index (χ4v) is 9.62. The Morgan fingerprint density at radius 2 is 0.986 bits per heavy atom. The lowest BCUT2D eigenvalue weighted by Crippen LogP contribution is -2.33. The van der Waals surface area contributed by atoms with E-state index in [9.17, 15) is 5.11 Å². The molecule has 1 N–H and O–H groups in total. The lowest BCUT2D eigenvalue weighted by Gasteiger charge is -2.39. The Hall–Kier alpha value is -7.04. The molecule has 2 aromatic heterocycles. The minimum Gasteiger partial charge on any atom is -0.507 e. The number of para-hydroxylation sites is 1. The molecule has 7 aromatic carbocycles. The molecule has 0 aliphatic heterocycles. The average Bonchev–Trinajstić information content (AvgIpc) is 3.72. The first-order chi connectivity index (χ1) is 33.4. The van der Waals surface area contributed by atoms with Crippen LogP contribution < -0.4 is 0 Å². The van der Waals surface area contributed by atoms with Crippen LogP contribution in [0.5, 0.6) is 5.75 Å². The molecule has 0 saturated carbocycles. The predicted octanol–water partition coefficient (Wildman–Crippen LogP) is 18.3. The van der Waals surface area contributed by atoms with E-state index in [4.69, 9.17) is 9.97 Å². The number of pyridine rings is 1. The first-order valence-electron chi connectivity index (χ1n) is 25.3. The highest BCUT2D eigenvalue weighted by molar-refractivity contribution is 5.98. The van der Waals surface area contributed by atoms with E-state index >= 15 is 0 Å². The van der Waals surface area contributed by atoms with Crippen LogP contribution in [-0.2, 0) is 21.7 Å². The third-order valence-corrected chi connectivity index (χ3v) is 15.1. The summed E-state index contributed by atoms with van der Waals surface area (Å²) in [6, 6.07) is 59.2. The van der Waals surface area contributed by atoms with Gasteiger partial charge in [0.15, 0.2) is 0 Å². The van der Waals surface area contributed by atoms with Crippen molar-refractivity contribution in [3.8, 4) is 78.6 Å². The monoisotopic (exact) mass is 934 g/mol. The second-order valence-corrected chi connectivity index (χ2v) is 24.3. The van der Waals surface area contributed by atoms with Gasteiger partial charge in [0.05, 0.1) is 28.0 Å². The van der Waals surface area contributed by atoms with Gasteiger partial charge in [0.2, 0.25) is 0 Å². The minimum absolute atomic E-state index is 0.00987. The van der Waals surface area contributed by atoms with E-state index in [1.165, 1.54) is 11.1 Å². The summed E-state index contributed by atoms with van der Waals surface area (Å²) in [5.41, 5.74) is 18.2. The van der Waals surface area contributed by atoms with Gasteiger partial charge < -0.3 is 5.11 Å². The molecule has 360 valence electrons. The van der Waals surface area contributed by atoms with Gasteiger partial charge in [0.25, 0.3) is 0 Å². The van der Waals surface area contributed by atoms with Gasteiger partial charge >= 0.3 is 0 Å². The number of imidazole rings is 1. The van der Waals surface area contributed by atoms with E-state index in [2.05, 4.69) is 265 Å². The van der Waals surface area contributed by atoms with Gasteiger partial charge in [0.1, 0.15) is 11.6 Å². The molecule has 9 rings (SSSR count). The standard InChI is InChI=1S/C67H71N3O/c1-63(2,3)51-32-33-58(54(40-51)45-24-19-16-20-25-45)70-59-27-21-26-53(60(59)69-62(70)55-41-52(64(4,5)6)42-56(61(55)71)65(7,8)9)48-36-47(43-22-17-15-18-23-43)37-49(38-48)57-39-46(34-35-68-57)44-28-30-50(31-29-44)67(13,14)66(10,11)12/h15-42,71H,1-14H3. The maximum absolute atomic E-state index is 12.6. The Labute approximate surface area is 423 Å². The Balaban J connectivity index is 1.31. The molecule has 0 atom stereocenters. The number of fused-ring (bicyclic) bond motifs is 1. The normalized spacial score (nSPS) is 12.7. The molecule has 0 fully saturated rings. The summed E-state index contributed by atoms with van der Waals surface area (Å²) in [6.45, 7) is 31.6. The lowest BCUT2D eigenvalue weighted by atomic mass is 9.65. The summed E-state index contributed by atoms with van der Waals surface area (Å²) in [5, 5.41) is 12.6. The molecular formula is C67H71N3O. The largest absolute Gasteiger partial charge is 0.507 e. The van der Waals surface area contributed by atoms with Crippen molar-refractivity contribution < 1.29 is 5.11 Å². The van der Waals surface area contributed by atoms with Crippen molar-refractivity contribution in [3.63, 3.8) is 0 Å². The number of hydrogen-bond acceptors (Lipinski definition) is 3. The van der Waals surface area contributed by atoms with Crippen molar-refractivity contribution in [2.24, 2.45) is 5.41 Å². The van der Waals surface area contributed by atoms with Crippen LogP contribution in [0.15, 0.2) is 170 Å². The van der Waals surface area contributed by atoms with Crippen LogP contribution in [0.1, 0.15) is 119 Å². The average molecular weight is 934 g/mol. The third-order valence-electron chi connectivity index (χ3n) is 15.1. The number of nitrogens with zero attached hydrogens (tertiary/aromatic N) is 3. The highest BCUT2D eigenvalue weighted by Gasteiger charge is 2.34. The molecule has 0 aliphatic rings. The van der Waals surface area contributed by atoms with Gasteiger partial charge in [-0.05, 0) is 132 Å². The number of phenolic OH excluding ortho intramolecular Hbond substituents is 1. The van der Waals surface area contributed by atoms with E-state index in [1.54, 1.807) is 0 Å². The molecule has 0 aliphatic carbocycles. The van der Waals surface area contributed by atoms with Gasteiger partial charge in [-0.15, -0.1) is 0 Å². The highest BCUT2D eigenvalue weighted by atomic mass is 16.3. The number of hydrogen-bond donors (Lipinski definition) is 1. The Morgan fingerprint density at radius 1 is 0.408 bits per heavy atom. The minimum atomic E-state index is -0.335. The van der Waals surface area contributed by atoms with Gasteiger partial charge in [-0.25, -0.2) is 4.98 Å². The summed E-state index contributed by atoms with van der Waals surface area (Å²) >= 11 is 0. The van der Waals surface area contributed by atoms with Gasteiger partial charge in [-0.1, -0.05) is 206 Å². The predicted molar refractivity (Wildman–Crippen MR) is 302 cm³/mol. The zero-order chi connectivity index (χ0) is 50.8. The summed E-state index contributed by atoms with van der Waals surface area (Å²) in [4.78, 5) is 10.8. The molecule has 0 amide bonds. The number of phenols is 1. The van der Waals surface area contributed by atoms with Crippen molar-refractivity contribution >= 4 is 11.0 Å². The number of benzene rings is 7. The molecule has 2 heterocycles. The molecule has 9 aromatic rings. The van der Waals surface area contributed by atoms with Gasteiger partial charge in [0, 0.05) is 28.5 Å². The van der Waals surface area contributed by atoms with Crippen molar-refractivity contribution in [1.82, 2.24) is 14.5 Å². The number of aromatic hydroxyl groups is 1. The first kappa shape index (κ1) is 49.0. The second kappa shape index (κ2) is 18.0. The highest BCUT2D eigenvalue weighted by Crippen LogP contribution is 2.47. The zero-order valence-corrected chi connectivity index (χ0v) is 44.5. The second-order valence-electron chi connectivity index (χ2n) is 24.3. The third kappa shape index (κ3) is 9.50. The molecule has 4 heteroatoms. The Bertz CT molecular complexity index is 3400. The van der Waals surface area contributed by atoms with Crippen LogP contribution in [0, 0.1) is 5.41 Å². The lowest BCUT2D eigenvalue weighted by molar-refractivity contribution is 0.225. The molecule has 0 spiro atoms. The summed E-state index contributed by atoms with van der Waals surface area (Å²) in [5.74, 6) is 0.941. The Kier molecular flexibility index (Phi) is 12.4. The molecule has 0 radical (unpaired) electrons. The quantitative estimate of drug-likeness (QED) is 0.165. The molecule has 0 bridgehead atoms. The SMILES string of the molecule is CC(C)(C)c1ccc(-n2c(-c3cc(C(C)(C)C)cc(C(C)(C)C)c3O)nc3c(-c4cc(-c5ccccc5)cc(-c5cc(-c6ccc(C(C)(C)C(C)(C)C)cc6)ccn5)c4)cccc32)c(-c2ccccc2)c1. The van der Waals surface area contributed by atoms with Gasteiger partial charge in [-0.2, -0.15) is 0 Å². The van der Waals surface area contributed by atoms with Crippen LogP contribution in [0.2, 0.25) is 0 Å². The van der Waals surface area contributed by atoms with E-state index in [-0.39, 0.29) is 32.8 Å². The van der Waals surface area contributed by atoms with Crippen molar-refractivity contribution in [3.05, 3.63) is 192 Å². The van der Waals surface area contributed by atoms with Crippen molar-refractivity contribution in [1.29, 1.82) is 0 Å². The first-order valence-corrected chi connectivity index (χ1v) is 25.3. The fraction of sp³-hybridized carbons (Fsp3) is 0.284. The van der Waals surface area contributed by atoms with Crippen molar-refractivity contribution in [2.45, 2.75) is 119 Å². The van der Waals surface area contributed by atoms with E-state index in [1.807, 2.05) is 6.20 Å². The topological polar surface area (TPSA) is 50.9 Å². The summed E-state index contributed by atoms with van der Waals surface area (Å²) in [7, 11) is 0. The fourth-order valence-electron chi connectivity index (χ4n) is 9.62. The van der Waals surface area contributed by atoms with Gasteiger partial charge in [-0.3, -0.25) is 9.55 Å². The van der Waals surface area contributed by atoms with E-state index < -0.39 is 0 Å². The summed E-state index contributed by atoms with van der Waals surface area (Å²) < 4.78 is 2.29. The van der Waals surface area contributed by atoms with Crippen LogP contribution in [0.4, 0.5) is 0 Å². The number of rotatable bonds is 8. The smallest absolute Gasteiger partial charge is 0.149 e. The molecule has 0 unspecified atom stereocenters. The van der Waals surface area contributed by atoms with Crippen LogP contribution in [-0.4, -0.2) is 19.6 Å². The summed E-state index contributed by atoms with van der Waals surface area (Å²) in [6.07, 6.45) is 1.93. The molecule has 4 nitrogen and oxygen atoms in total. The van der Waals surface area contributed by atoms with Crippen molar-refractivity contribution in [2.75, 3.05) is 0 Å². The van der Waals surface area contributed by atoms with E-state index in [0.717, 1.165) is 83.6 Å². The molecule has 71 heavy (non-hydrogen) atoms. The van der Waals surface area contributed by atoms with Crippen LogP contribution in [0.3, 0.4) is 0 Å². The number of aromatic nitrogens is 3.